The van der Waals surface area contributed by atoms with E-state index >= 15 is 0 Å². The highest BCUT2D eigenvalue weighted by atomic mass is 32.2. The Kier molecular flexibility index (Phi) is 6.43. The Hall–Kier alpha value is -2.29. The largest absolute Gasteiger partial charge is 0.379 e. The van der Waals surface area contributed by atoms with Gasteiger partial charge < -0.3 is 10.1 Å². The number of nitrogens with one attached hydrogen (secondary N) is 1. The molecular weight excluding hydrogens is 383 g/mol. The number of carbonyl (C=O) groups is 1. The van der Waals surface area contributed by atoms with Crippen LogP contribution in [0.3, 0.4) is 0 Å². The first kappa shape index (κ1) is 20.4. The van der Waals surface area contributed by atoms with Crippen LogP contribution >= 0.6 is 0 Å². The zero-order valence-electron chi connectivity index (χ0n) is 15.7. The normalized spacial score (nSPS) is 15.4. The Bertz CT molecular complexity index is 956. The maximum absolute atomic E-state index is 14.2. The number of amides is 1. The smallest absolute Gasteiger partial charge is 0.251 e. The molecule has 1 amide bonds. The van der Waals surface area contributed by atoms with Crippen molar-refractivity contribution < 1.29 is 22.3 Å². The number of hydrogen-bond acceptors (Lipinski definition) is 4. The van der Waals surface area contributed by atoms with E-state index < -0.39 is 26.6 Å². The molecular formula is C20H23FN2O4S. The number of rotatable bonds is 6. The van der Waals surface area contributed by atoms with Crippen LogP contribution in [0.25, 0.3) is 0 Å². The predicted molar refractivity (Wildman–Crippen MR) is 103 cm³/mol. The van der Waals surface area contributed by atoms with Crippen LogP contribution in [-0.2, 0) is 21.2 Å². The monoisotopic (exact) mass is 406 g/mol. The summed E-state index contributed by atoms with van der Waals surface area (Å²) in [5, 5.41) is 2.76. The SMILES string of the molecule is Cc1ccccc1CCNC(=O)c1ccc(F)c(S(=O)(=O)N2CCOCC2)c1. The molecule has 0 atom stereocenters. The molecule has 0 bridgehead atoms. The summed E-state index contributed by atoms with van der Waals surface area (Å²) in [5.41, 5.74) is 2.37. The molecule has 2 aromatic carbocycles. The van der Waals surface area contributed by atoms with E-state index in [2.05, 4.69) is 5.32 Å². The molecule has 8 heteroatoms. The van der Waals surface area contributed by atoms with Gasteiger partial charge in [0.25, 0.3) is 5.91 Å². The minimum Gasteiger partial charge on any atom is -0.379 e. The Labute approximate surface area is 164 Å². The number of aryl methyl sites for hydroxylation is 1. The number of halogens is 1. The third-order valence-corrected chi connectivity index (χ3v) is 6.64. The Balaban J connectivity index is 1.71. The zero-order valence-corrected chi connectivity index (χ0v) is 16.5. The van der Waals surface area contributed by atoms with Crippen LogP contribution in [0.15, 0.2) is 47.4 Å². The summed E-state index contributed by atoms with van der Waals surface area (Å²) in [6.07, 6.45) is 0.651. The van der Waals surface area contributed by atoms with Crippen LogP contribution in [0.5, 0.6) is 0 Å². The minimum absolute atomic E-state index is 0.109. The number of sulfonamides is 1. The fraction of sp³-hybridized carbons (Fsp3) is 0.350. The number of nitrogens with zero attached hydrogens (tertiary/aromatic N) is 1. The average molecular weight is 406 g/mol. The minimum atomic E-state index is -4.02. The number of hydrogen-bond donors (Lipinski definition) is 1. The fourth-order valence-corrected chi connectivity index (χ4v) is 4.57. The van der Waals surface area contributed by atoms with Crippen LogP contribution < -0.4 is 5.32 Å². The molecule has 0 aliphatic carbocycles. The average Bonchev–Trinajstić information content (AvgIpc) is 2.70. The molecule has 150 valence electrons. The summed E-state index contributed by atoms with van der Waals surface area (Å²) in [4.78, 5) is 11.9. The van der Waals surface area contributed by atoms with Crippen LogP contribution in [0, 0.1) is 12.7 Å². The van der Waals surface area contributed by atoms with E-state index in [1.165, 1.54) is 10.4 Å². The topological polar surface area (TPSA) is 75.7 Å². The Morgan fingerprint density at radius 3 is 2.61 bits per heavy atom. The van der Waals surface area contributed by atoms with Crippen LogP contribution in [0.2, 0.25) is 0 Å². The van der Waals surface area contributed by atoms with Crippen LogP contribution in [0.4, 0.5) is 4.39 Å². The second kappa shape index (κ2) is 8.81. The number of benzene rings is 2. The fourth-order valence-electron chi connectivity index (χ4n) is 3.07. The summed E-state index contributed by atoms with van der Waals surface area (Å²) in [5.74, 6) is -1.31. The first-order chi connectivity index (χ1) is 13.4. The predicted octanol–water partition coefficient (Wildman–Crippen LogP) is 2.13. The molecule has 0 saturated carbocycles. The molecule has 1 fully saturated rings. The van der Waals surface area contributed by atoms with Gasteiger partial charge in [0.15, 0.2) is 0 Å². The van der Waals surface area contributed by atoms with Gasteiger partial charge >= 0.3 is 0 Å². The lowest BCUT2D eigenvalue weighted by atomic mass is 10.1. The highest BCUT2D eigenvalue weighted by Gasteiger charge is 2.29. The van der Waals surface area contributed by atoms with Crippen molar-refractivity contribution in [2.24, 2.45) is 0 Å². The van der Waals surface area contributed by atoms with Gasteiger partial charge in [-0.1, -0.05) is 24.3 Å². The Morgan fingerprint density at radius 1 is 1.18 bits per heavy atom. The van der Waals surface area contributed by atoms with Gasteiger partial charge in [-0.3, -0.25) is 4.79 Å². The molecule has 3 rings (SSSR count). The van der Waals surface area contributed by atoms with Gasteiger partial charge in [0.2, 0.25) is 10.0 Å². The lowest BCUT2D eigenvalue weighted by Gasteiger charge is -2.26. The molecule has 2 aromatic rings. The van der Waals surface area contributed by atoms with Crippen molar-refractivity contribution >= 4 is 15.9 Å². The summed E-state index contributed by atoms with van der Waals surface area (Å²) >= 11 is 0. The number of morpholine rings is 1. The molecule has 1 aliphatic heterocycles. The molecule has 0 radical (unpaired) electrons. The second-order valence-corrected chi connectivity index (χ2v) is 8.50. The molecule has 6 nitrogen and oxygen atoms in total. The van der Waals surface area contributed by atoms with Crippen molar-refractivity contribution in [3.05, 3.63) is 65.0 Å². The molecule has 28 heavy (non-hydrogen) atoms. The maximum atomic E-state index is 14.2. The van der Waals surface area contributed by atoms with E-state index in [0.29, 0.717) is 13.0 Å². The van der Waals surface area contributed by atoms with E-state index in [0.717, 1.165) is 23.3 Å². The molecule has 0 aromatic heterocycles. The summed E-state index contributed by atoms with van der Waals surface area (Å²) in [6.45, 7) is 3.25. The van der Waals surface area contributed by atoms with E-state index in [1.54, 1.807) is 0 Å². The van der Waals surface area contributed by atoms with E-state index in [4.69, 9.17) is 4.74 Å². The Morgan fingerprint density at radius 2 is 1.89 bits per heavy atom. The third-order valence-electron chi connectivity index (χ3n) is 4.72. The van der Waals surface area contributed by atoms with E-state index in [9.17, 15) is 17.6 Å². The van der Waals surface area contributed by atoms with Gasteiger partial charge in [0.05, 0.1) is 13.2 Å². The second-order valence-electron chi connectivity index (χ2n) is 6.59. The van der Waals surface area contributed by atoms with Crippen molar-refractivity contribution in [2.75, 3.05) is 32.8 Å². The van der Waals surface area contributed by atoms with Gasteiger partial charge in [-0.15, -0.1) is 0 Å². The third kappa shape index (κ3) is 4.57. The first-order valence-corrected chi connectivity index (χ1v) is 10.5. The summed E-state index contributed by atoms with van der Waals surface area (Å²) < 4.78 is 46.0. The van der Waals surface area contributed by atoms with Crippen molar-refractivity contribution in [1.29, 1.82) is 0 Å². The van der Waals surface area contributed by atoms with Gasteiger partial charge in [-0.2, -0.15) is 4.31 Å². The molecule has 1 N–H and O–H groups in total. The van der Waals surface area contributed by atoms with Crippen molar-refractivity contribution in [3.63, 3.8) is 0 Å². The number of ether oxygens (including phenoxy) is 1. The van der Waals surface area contributed by atoms with Gasteiger partial charge in [-0.05, 0) is 42.7 Å². The maximum Gasteiger partial charge on any atom is 0.251 e. The zero-order chi connectivity index (χ0) is 20.1. The van der Waals surface area contributed by atoms with Gasteiger partial charge in [0.1, 0.15) is 10.7 Å². The lowest BCUT2D eigenvalue weighted by Crippen LogP contribution is -2.41. The lowest BCUT2D eigenvalue weighted by molar-refractivity contribution is 0.0729. The van der Waals surface area contributed by atoms with Gasteiger partial charge in [-0.25, -0.2) is 12.8 Å². The highest BCUT2D eigenvalue weighted by Crippen LogP contribution is 2.22. The van der Waals surface area contributed by atoms with Crippen LogP contribution in [0.1, 0.15) is 21.5 Å². The van der Waals surface area contributed by atoms with E-state index in [-0.39, 0.29) is 31.9 Å². The summed E-state index contributed by atoms with van der Waals surface area (Å²) in [7, 11) is -4.02. The quantitative estimate of drug-likeness (QED) is 0.798. The molecule has 0 spiro atoms. The molecule has 1 heterocycles. The standard InChI is InChI=1S/C20H23FN2O4S/c1-15-4-2-3-5-16(15)8-9-22-20(24)17-6-7-18(21)19(14-17)28(25,26)23-10-12-27-13-11-23/h2-7,14H,8-13H2,1H3,(H,22,24). The van der Waals surface area contributed by atoms with Crippen molar-refractivity contribution in [1.82, 2.24) is 9.62 Å². The first-order valence-electron chi connectivity index (χ1n) is 9.10. The molecule has 0 unspecified atom stereocenters. The van der Waals surface area contributed by atoms with Crippen molar-refractivity contribution in [2.45, 2.75) is 18.2 Å². The highest BCUT2D eigenvalue weighted by molar-refractivity contribution is 7.89. The van der Waals surface area contributed by atoms with Crippen LogP contribution in [-0.4, -0.2) is 51.5 Å². The van der Waals surface area contributed by atoms with Gasteiger partial charge in [0, 0.05) is 25.2 Å². The number of carbonyl (C=O) groups excluding carboxylic acids is 1. The van der Waals surface area contributed by atoms with E-state index in [1.807, 2.05) is 31.2 Å². The molecule has 1 saturated heterocycles. The molecule has 1 aliphatic rings. The van der Waals surface area contributed by atoms with Crippen molar-refractivity contribution in [3.8, 4) is 0 Å². The summed E-state index contributed by atoms with van der Waals surface area (Å²) in [6, 6.07) is 11.3.